The summed E-state index contributed by atoms with van der Waals surface area (Å²) in [6, 6.07) is 2.45. The quantitative estimate of drug-likeness (QED) is 0.809. The number of nitrogens with zero attached hydrogens (tertiary/aromatic N) is 4. The van der Waals surface area contributed by atoms with Crippen molar-refractivity contribution in [2.45, 2.75) is 56.9 Å². The minimum absolute atomic E-state index is 0.0816. The van der Waals surface area contributed by atoms with Gasteiger partial charge in [-0.3, -0.25) is 4.79 Å². The van der Waals surface area contributed by atoms with E-state index in [1.807, 2.05) is 0 Å². The smallest absolute Gasteiger partial charge is 0.410 e. The van der Waals surface area contributed by atoms with E-state index in [1.54, 1.807) is 30.0 Å². The molecule has 30 heavy (non-hydrogen) atoms. The van der Waals surface area contributed by atoms with Gasteiger partial charge in [-0.05, 0) is 38.7 Å². The Morgan fingerprint density at radius 1 is 1.30 bits per heavy atom. The molecule has 0 bridgehead atoms. The van der Waals surface area contributed by atoms with Crippen molar-refractivity contribution in [3.05, 3.63) is 35.7 Å². The number of hydrogen-bond donors (Lipinski definition) is 1. The van der Waals surface area contributed by atoms with Crippen molar-refractivity contribution in [3.8, 4) is 5.88 Å². The number of pyridine rings is 1. The van der Waals surface area contributed by atoms with Crippen molar-refractivity contribution < 1.29 is 22.7 Å². The van der Waals surface area contributed by atoms with Crippen LogP contribution in [0.15, 0.2) is 24.4 Å². The van der Waals surface area contributed by atoms with Crippen molar-refractivity contribution in [1.82, 2.24) is 19.7 Å². The van der Waals surface area contributed by atoms with E-state index in [9.17, 15) is 18.0 Å². The van der Waals surface area contributed by atoms with E-state index in [2.05, 4.69) is 15.4 Å². The number of nitrogens with one attached hydrogen (secondary N) is 1. The van der Waals surface area contributed by atoms with Crippen LogP contribution in [-0.4, -0.2) is 51.4 Å². The van der Waals surface area contributed by atoms with Crippen LogP contribution in [0.5, 0.6) is 5.88 Å². The van der Waals surface area contributed by atoms with Gasteiger partial charge < -0.3 is 15.0 Å². The Morgan fingerprint density at radius 3 is 2.83 bits per heavy atom. The Morgan fingerprint density at radius 2 is 2.10 bits per heavy atom. The maximum absolute atomic E-state index is 13.6. The first kappa shape index (κ1) is 20.5. The fourth-order valence-electron chi connectivity index (χ4n) is 4.24. The molecule has 2 aromatic heterocycles. The molecule has 2 aliphatic heterocycles. The summed E-state index contributed by atoms with van der Waals surface area (Å²) in [4.78, 5) is 18.9. The second-order valence-electron chi connectivity index (χ2n) is 7.83. The summed E-state index contributed by atoms with van der Waals surface area (Å²) in [6.45, 7) is 2.24. The van der Waals surface area contributed by atoms with Crippen LogP contribution in [0, 0.1) is 0 Å². The standard InChI is InChI=1S/C20H24F3N5O2/c1-12-9-16(20(21,22)23)28-17(25-12)11-14(26-28)15-5-3-4-8-27(15)19(29)13-6-7-24-18(10-13)30-2/h6-7,10-12,15-16,25H,3-5,8-9H2,1-2H3/t12-,15?,16-/m1/s1. The summed E-state index contributed by atoms with van der Waals surface area (Å²) >= 11 is 0. The molecule has 4 heterocycles. The first-order valence-corrected chi connectivity index (χ1v) is 10.0. The number of ether oxygens (including phenoxy) is 1. The van der Waals surface area contributed by atoms with Gasteiger partial charge in [-0.25, -0.2) is 9.67 Å². The summed E-state index contributed by atoms with van der Waals surface area (Å²) in [6.07, 6.45) is -0.608. The Bertz CT molecular complexity index is 929. The van der Waals surface area contributed by atoms with E-state index in [0.29, 0.717) is 35.9 Å². The molecule has 1 unspecified atom stereocenters. The summed E-state index contributed by atoms with van der Waals surface area (Å²) in [7, 11) is 1.47. The first-order valence-electron chi connectivity index (χ1n) is 10.0. The van der Waals surface area contributed by atoms with Gasteiger partial charge in [0.05, 0.1) is 18.8 Å². The molecule has 1 N–H and O–H groups in total. The van der Waals surface area contributed by atoms with Gasteiger partial charge in [0.1, 0.15) is 5.82 Å². The fraction of sp³-hybridized carbons (Fsp3) is 0.550. The minimum Gasteiger partial charge on any atom is -0.481 e. The zero-order valence-electron chi connectivity index (χ0n) is 16.8. The molecule has 3 atom stereocenters. The van der Waals surface area contributed by atoms with Crippen LogP contribution in [-0.2, 0) is 0 Å². The lowest BCUT2D eigenvalue weighted by Crippen LogP contribution is -2.39. The van der Waals surface area contributed by atoms with Gasteiger partial charge in [-0.2, -0.15) is 18.3 Å². The Labute approximate surface area is 172 Å². The van der Waals surface area contributed by atoms with Crippen LogP contribution in [0.2, 0.25) is 0 Å². The number of carbonyl (C=O) groups excluding carboxylic acids is 1. The number of aromatic nitrogens is 3. The zero-order valence-corrected chi connectivity index (χ0v) is 16.8. The Kier molecular flexibility index (Phi) is 5.33. The van der Waals surface area contributed by atoms with Gasteiger partial charge in [-0.15, -0.1) is 0 Å². The third-order valence-electron chi connectivity index (χ3n) is 5.69. The van der Waals surface area contributed by atoms with E-state index in [1.165, 1.54) is 13.3 Å². The fourth-order valence-corrected chi connectivity index (χ4v) is 4.24. The van der Waals surface area contributed by atoms with Gasteiger partial charge >= 0.3 is 6.18 Å². The highest BCUT2D eigenvalue weighted by Crippen LogP contribution is 2.41. The third-order valence-corrected chi connectivity index (χ3v) is 5.69. The number of amides is 1. The number of alkyl halides is 3. The first-order chi connectivity index (χ1) is 14.3. The number of anilines is 1. The molecule has 0 aliphatic carbocycles. The van der Waals surface area contributed by atoms with Crippen molar-refractivity contribution in [1.29, 1.82) is 0 Å². The van der Waals surface area contributed by atoms with Gasteiger partial charge in [0.2, 0.25) is 5.88 Å². The highest BCUT2D eigenvalue weighted by molar-refractivity contribution is 5.94. The normalized spacial score (nSPS) is 24.2. The summed E-state index contributed by atoms with van der Waals surface area (Å²) < 4.78 is 46.8. The number of hydrogen-bond acceptors (Lipinski definition) is 5. The lowest BCUT2D eigenvalue weighted by molar-refractivity contribution is -0.173. The summed E-state index contributed by atoms with van der Waals surface area (Å²) in [5, 5.41) is 7.40. The van der Waals surface area contributed by atoms with Gasteiger partial charge in [0.25, 0.3) is 5.91 Å². The lowest BCUT2D eigenvalue weighted by Gasteiger charge is -2.35. The number of piperidine rings is 1. The monoisotopic (exact) mass is 423 g/mol. The number of fused-ring (bicyclic) bond motifs is 1. The molecule has 4 rings (SSSR count). The molecule has 0 radical (unpaired) electrons. The largest absolute Gasteiger partial charge is 0.481 e. The van der Waals surface area contributed by atoms with Crippen LogP contribution in [0.25, 0.3) is 0 Å². The van der Waals surface area contributed by atoms with E-state index in [-0.39, 0.29) is 24.4 Å². The van der Waals surface area contributed by atoms with E-state index < -0.39 is 12.2 Å². The van der Waals surface area contributed by atoms with Crippen LogP contribution < -0.4 is 10.1 Å². The SMILES string of the molecule is COc1cc(C(=O)N2CCCCC2c2cc3n(n2)[C@@H](C(F)(F)F)C[C@@H](C)N3)ccn1. The van der Waals surface area contributed by atoms with Gasteiger partial charge in [-0.1, -0.05) is 0 Å². The maximum Gasteiger partial charge on any atom is 0.410 e. The Hall–Kier alpha value is -2.78. The second-order valence-corrected chi connectivity index (χ2v) is 7.83. The molecular weight excluding hydrogens is 399 g/mol. The lowest BCUT2D eigenvalue weighted by atomic mass is 9.98. The highest BCUT2D eigenvalue weighted by atomic mass is 19.4. The van der Waals surface area contributed by atoms with Crippen LogP contribution in [0.1, 0.15) is 60.7 Å². The van der Waals surface area contributed by atoms with E-state index >= 15 is 0 Å². The molecular formula is C20H24F3N5O2. The van der Waals surface area contributed by atoms with Crippen molar-refractivity contribution in [2.24, 2.45) is 0 Å². The molecule has 0 spiro atoms. The molecule has 2 aliphatic rings. The minimum atomic E-state index is -4.38. The van der Waals surface area contributed by atoms with Crippen LogP contribution in [0.4, 0.5) is 19.0 Å². The molecule has 1 saturated heterocycles. The molecule has 7 nitrogen and oxygen atoms in total. The van der Waals surface area contributed by atoms with Crippen molar-refractivity contribution >= 4 is 11.7 Å². The zero-order chi connectivity index (χ0) is 21.5. The predicted molar refractivity (Wildman–Crippen MR) is 103 cm³/mol. The number of rotatable bonds is 3. The number of halogens is 3. The number of methoxy groups -OCH3 is 1. The average Bonchev–Trinajstić information content (AvgIpc) is 3.15. The van der Waals surface area contributed by atoms with Crippen molar-refractivity contribution in [3.63, 3.8) is 0 Å². The van der Waals surface area contributed by atoms with Crippen LogP contribution >= 0.6 is 0 Å². The predicted octanol–water partition coefficient (Wildman–Crippen LogP) is 3.96. The third kappa shape index (κ3) is 3.82. The van der Waals surface area contributed by atoms with Crippen molar-refractivity contribution in [2.75, 3.05) is 19.0 Å². The highest BCUT2D eigenvalue weighted by Gasteiger charge is 2.46. The van der Waals surface area contributed by atoms with Gasteiger partial charge in [0, 0.05) is 36.5 Å². The molecule has 0 saturated carbocycles. The molecule has 10 heteroatoms. The van der Waals surface area contributed by atoms with Crippen LogP contribution in [0.3, 0.4) is 0 Å². The molecule has 0 aromatic carbocycles. The molecule has 1 fully saturated rings. The van der Waals surface area contributed by atoms with E-state index in [4.69, 9.17) is 4.74 Å². The molecule has 1 amide bonds. The number of carbonyl (C=O) groups is 1. The number of likely N-dealkylation sites (tertiary alicyclic amines) is 1. The van der Waals surface area contributed by atoms with E-state index in [0.717, 1.165) is 17.5 Å². The average molecular weight is 423 g/mol. The molecule has 162 valence electrons. The topological polar surface area (TPSA) is 72.3 Å². The maximum atomic E-state index is 13.6. The summed E-state index contributed by atoms with van der Waals surface area (Å²) in [5.74, 6) is 0.466. The Balaban J connectivity index is 1.66. The second kappa shape index (κ2) is 7.81. The van der Waals surface area contributed by atoms with Gasteiger partial charge in [0.15, 0.2) is 6.04 Å². The summed E-state index contributed by atoms with van der Waals surface area (Å²) in [5.41, 5.74) is 0.910. The molecule has 2 aromatic rings.